The summed E-state index contributed by atoms with van der Waals surface area (Å²) in [6, 6.07) is 3.52. The monoisotopic (exact) mass is 319 g/mol. The molecule has 0 amide bonds. The summed E-state index contributed by atoms with van der Waals surface area (Å²) in [4.78, 5) is 9.79. The van der Waals surface area contributed by atoms with Crippen LogP contribution >= 0.6 is 11.8 Å². The molecule has 1 atom stereocenters. The van der Waals surface area contributed by atoms with Gasteiger partial charge in [-0.2, -0.15) is 11.8 Å². The van der Waals surface area contributed by atoms with Crippen molar-refractivity contribution >= 4 is 33.2 Å². The molecule has 0 fully saturated rings. The summed E-state index contributed by atoms with van der Waals surface area (Å²) in [6.07, 6.45) is 1.93. The van der Waals surface area contributed by atoms with Crippen molar-refractivity contribution in [2.45, 2.75) is 11.8 Å². The van der Waals surface area contributed by atoms with Gasteiger partial charge in [0.05, 0.1) is 4.92 Å². The van der Waals surface area contributed by atoms with E-state index in [0.29, 0.717) is 0 Å². The minimum Gasteiger partial charge on any atom is -0.399 e. The zero-order valence-electron chi connectivity index (χ0n) is 11.2. The van der Waals surface area contributed by atoms with Crippen LogP contribution in [-0.4, -0.2) is 31.9 Å². The van der Waals surface area contributed by atoms with Crippen LogP contribution in [-0.2, 0) is 10.0 Å². The number of benzene rings is 1. The first-order valence-corrected chi connectivity index (χ1v) is 8.68. The number of nitro groups is 1. The van der Waals surface area contributed by atoms with Gasteiger partial charge in [0.2, 0.25) is 10.0 Å². The van der Waals surface area contributed by atoms with Crippen LogP contribution in [0.1, 0.15) is 6.92 Å². The van der Waals surface area contributed by atoms with Gasteiger partial charge in [-0.15, -0.1) is 0 Å². The molecule has 1 aromatic carbocycles. The summed E-state index contributed by atoms with van der Waals surface area (Å²) in [5.41, 5.74) is 5.07. The van der Waals surface area contributed by atoms with E-state index in [2.05, 4.69) is 4.72 Å². The molecule has 0 spiro atoms. The van der Waals surface area contributed by atoms with Crippen molar-refractivity contribution < 1.29 is 13.3 Å². The number of thioether (sulfide) groups is 1. The zero-order chi connectivity index (χ0) is 15.3. The third-order valence-electron chi connectivity index (χ3n) is 2.54. The molecule has 1 unspecified atom stereocenters. The van der Waals surface area contributed by atoms with Crippen LogP contribution in [0.3, 0.4) is 0 Å². The molecule has 0 aliphatic heterocycles. The number of hydrogen-bond donors (Lipinski definition) is 2. The Bertz CT molecular complexity index is 589. The quantitative estimate of drug-likeness (QED) is 0.446. The summed E-state index contributed by atoms with van der Waals surface area (Å²) in [5.74, 6) is 0.930. The molecule has 3 N–H and O–H groups in total. The molecule has 7 nitrogen and oxygen atoms in total. The predicted molar refractivity (Wildman–Crippen MR) is 80.2 cm³/mol. The average molecular weight is 319 g/mol. The van der Waals surface area contributed by atoms with Gasteiger partial charge in [0.25, 0.3) is 5.69 Å². The lowest BCUT2D eigenvalue weighted by Gasteiger charge is -2.12. The molecule has 20 heavy (non-hydrogen) atoms. The maximum atomic E-state index is 12.1. The molecule has 1 rings (SSSR count). The standard InChI is InChI=1S/C11H17N3O4S2/c1-8(7-19-2)6-13-20(17,18)11-4-3-9(12)5-10(11)14(15)16/h3-5,8,13H,6-7,12H2,1-2H3. The summed E-state index contributed by atoms with van der Waals surface area (Å²) in [6.45, 7) is 2.13. The van der Waals surface area contributed by atoms with Crippen molar-refractivity contribution in [3.05, 3.63) is 28.3 Å². The van der Waals surface area contributed by atoms with Crippen LogP contribution in [0.4, 0.5) is 11.4 Å². The Labute approximate surface area is 122 Å². The number of anilines is 1. The fourth-order valence-electron chi connectivity index (χ4n) is 1.58. The number of nitrogens with zero attached hydrogens (tertiary/aromatic N) is 1. The van der Waals surface area contributed by atoms with Crippen molar-refractivity contribution in [1.82, 2.24) is 4.72 Å². The first-order chi connectivity index (χ1) is 9.27. The minimum absolute atomic E-state index is 0.132. The number of nitrogen functional groups attached to an aromatic ring is 1. The number of nitrogens with one attached hydrogen (secondary N) is 1. The van der Waals surface area contributed by atoms with Crippen LogP contribution < -0.4 is 10.5 Å². The fourth-order valence-corrected chi connectivity index (χ4v) is 3.58. The van der Waals surface area contributed by atoms with Gasteiger partial charge in [0.1, 0.15) is 0 Å². The minimum atomic E-state index is -3.92. The van der Waals surface area contributed by atoms with Gasteiger partial charge in [-0.1, -0.05) is 6.92 Å². The second kappa shape index (κ2) is 6.91. The summed E-state index contributed by atoms with van der Waals surface area (Å²) in [7, 11) is -3.92. The Morgan fingerprint density at radius 1 is 1.50 bits per heavy atom. The molecule has 0 saturated carbocycles. The molecule has 0 saturated heterocycles. The van der Waals surface area contributed by atoms with Crippen LogP contribution in [0, 0.1) is 16.0 Å². The van der Waals surface area contributed by atoms with E-state index in [1.807, 2.05) is 13.2 Å². The maximum Gasteiger partial charge on any atom is 0.291 e. The van der Waals surface area contributed by atoms with Gasteiger partial charge in [0.15, 0.2) is 4.90 Å². The van der Waals surface area contributed by atoms with Gasteiger partial charge in [-0.05, 0) is 30.1 Å². The van der Waals surface area contributed by atoms with E-state index in [1.165, 1.54) is 6.07 Å². The number of sulfonamides is 1. The fraction of sp³-hybridized carbons (Fsp3) is 0.455. The van der Waals surface area contributed by atoms with E-state index in [1.54, 1.807) is 11.8 Å². The maximum absolute atomic E-state index is 12.1. The van der Waals surface area contributed by atoms with E-state index in [-0.39, 0.29) is 23.0 Å². The Kier molecular flexibility index (Phi) is 5.78. The molecule has 9 heteroatoms. The Balaban J connectivity index is 3.01. The number of rotatable bonds is 7. The highest BCUT2D eigenvalue weighted by atomic mass is 32.2. The van der Waals surface area contributed by atoms with Crippen molar-refractivity contribution in [3.63, 3.8) is 0 Å². The van der Waals surface area contributed by atoms with Crippen LogP contribution in [0.2, 0.25) is 0 Å². The van der Waals surface area contributed by atoms with Crippen molar-refractivity contribution in [2.75, 3.05) is 24.3 Å². The molecule has 0 aliphatic rings. The average Bonchev–Trinajstić information content (AvgIpc) is 2.36. The van der Waals surface area contributed by atoms with Crippen molar-refractivity contribution in [1.29, 1.82) is 0 Å². The molecule has 112 valence electrons. The van der Waals surface area contributed by atoms with E-state index in [9.17, 15) is 18.5 Å². The summed E-state index contributed by atoms with van der Waals surface area (Å²) >= 11 is 1.61. The molecule has 0 aromatic heterocycles. The molecule has 0 radical (unpaired) electrons. The normalized spacial score (nSPS) is 13.1. The Morgan fingerprint density at radius 2 is 2.15 bits per heavy atom. The summed E-state index contributed by atoms with van der Waals surface area (Å²) in [5, 5.41) is 10.9. The highest BCUT2D eigenvalue weighted by Gasteiger charge is 2.26. The Morgan fingerprint density at radius 3 is 2.70 bits per heavy atom. The first-order valence-electron chi connectivity index (χ1n) is 5.80. The van der Waals surface area contributed by atoms with Gasteiger partial charge in [-0.25, -0.2) is 13.1 Å². The molecule has 0 bridgehead atoms. The van der Waals surface area contributed by atoms with E-state index in [0.717, 1.165) is 17.9 Å². The van der Waals surface area contributed by atoms with Gasteiger partial charge in [0, 0.05) is 18.3 Å². The number of hydrogen-bond acceptors (Lipinski definition) is 6. The van der Waals surface area contributed by atoms with Crippen LogP contribution in [0.25, 0.3) is 0 Å². The molecular weight excluding hydrogens is 302 g/mol. The Hall–Kier alpha value is -1.32. The molecular formula is C11H17N3O4S2. The molecule has 0 aliphatic carbocycles. The van der Waals surface area contributed by atoms with Crippen molar-refractivity contribution in [3.8, 4) is 0 Å². The van der Waals surface area contributed by atoms with E-state index < -0.39 is 20.6 Å². The van der Waals surface area contributed by atoms with Crippen molar-refractivity contribution in [2.24, 2.45) is 5.92 Å². The summed E-state index contributed by atoms with van der Waals surface area (Å²) < 4.78 is 26.6. The SMILES string of the molecule is CSCC(C)CNS(=O)(=O)c1ccc(N)cc1[N+](=O)[O-]. The highest BCUT2D eigenvalue weighted by molar-refractivity contribution is 7.98. The molecule has 0 heterocycles. The molecule has 1 aromatic rings. The van der Waals surface area contributed by atoms with Gasteiger partial charge >= 0.3 is 0 Å². The third kappa shape index (κ3) is 4.36. The number of nitro benzene ring substituents is 1. The lowest BCUT2D eigenvalue weighted by atomic mass is 10.2. The predicted octanol–water partition coefficient (Wildman–Crippen LogP) is 1.45. The first kappa shape index (κ1) is 16.7. The lowest BCUT2D eigenvalue weighted by Crippen LogP contribution is -2.29. The van der Waals surface area contributed by atoms with Gasteiger partial charge < -0.3 is 5.73 Å². The lowest BCUT2D eigenvalue weighted by molar-refractivity contribution is -0.387. The zero-order valence-corrected chi connectivity index (χ0v) is 12.8. The topological polar surface area (TPSA) is 115 Å². The largest absolute Gasteiger partial charge is 0.399 e. The highest BCUT2D eigenvalue weighted by Crippen LogP contribution is 2.25. The van der Waals surface area contributed by atoms with Crippen LogP contribution in [0.15, 0.2) is 23.1 Å². The second-order valence-electron chi connectivity index (χ2n) is 4.40. The van der Waals surface area contributed by atoms with E-state index in [4.69, 9.17) is 5.73 Å². The number of nitrogens with two attached hydrogens (primary N) is 1. The van der Waals surface area contributed by atoms with Crippen LogP contribution in [0.5, 0.6) is 0 Å². The van der Waals surface area contributed by atoms with Gasteiger partial charge in [-0.3, -0.25) is 10.1 Å². The third-order valence-corrected chi connectivity index (χ3v) is 4.92. The second-order valence-corrected chi connectivity index (χ2v) is 7.04. The van der Waals surface area contributed by atoms with E-state index >= 15 is 0 Å². The smallest absolute Gasteiger partial charge is 0.291 e.